The minimum absolute atomic E-state index is 0.00431. The van der Waals surface area contributed by atoms with Crippen LogP contribution in [0.1, 0.15) is 29.8 Å². The minimum Gasteiger partial charge on any atom is -0.481 e. The van der Waals surface area contributed by atoms with Crippen molar-refractivity contribution in [2.24, 2.45) is 0 Å². The summed E-state index contributed by atoms with van der Waals surface area (Å²) < 4.78 is 13.9. The summed E-state index contributed by atoms with van der Waals surface area (Å²) in [5.74, 6) is -1.94. The number of pyridine rings is 1. The summed E-state index contributed by atoms with van der Waals surface area (Å²) in [6, 6.07) is 5.28. The molecule has 0 spiro atoms. The highest BCUT2D eigenvalue weighted by Gasteiger charge is 2.31. The van der Waals surface area contributed by atoms with Gasteiger partial charge in [0.2, 0.25) is 0 Å². The Morgan fingerprint density at radius 3 is 2.81 bits per heavy atom. The van der Waals surface area contributed by atoms with E-state index in [-0.39, 0.29) is 35.1 Å². The zero-order valence-corrected chi connectivity index (χ0v) is 14.3. The Hall–Kier alpha value is -2.74. The van der Waals surface area contributed by atoms with Crippen LogP contribution >= 0.6 is 0 Å². The normalized spacial score (nSPS) is 20.4. The molecular formula is C18H20FN3O4. The van der Waals surface area contributed by atoms with Crippen LogP contribution in [0, 0.1) is 5.82 Å². The van der Waals surface area contributed by atoms with E-state index in [1.165, 1.54) is 18.2 Å². The number of rotatable bonds is 5. The molecule has 0 radical (unpaired) electrons. The molecule has 1 aliphatic heterocycles. The monoisotopic (exact) mass is 361 g/mol. The van der Waals surface area contributed by atoms with Crippen LogP contribution in [0.25, 0.3) is 10.9 Å². The molecule has 1 amide bonds. The maximum absolute atomic E-state index is 13.9. The Kier molecular flexibility index (Phi) is 5.03. The van der Waals surface area contributed by atoms with Crippen molar-refractivity contribution in [1.29, 1.82) is 0 Å². The standard InChI is InChI=1S/C18H20FN3O4/c1-22-10(7-16(24)25)5-6-11(22)9-20-18(26)14-8-15(23)12-3-2-4-13(19)17(12)21-14/h2-4,8,10-11H,5-7,9H2,1H3,(H,20,26)(H,21,23)(H,24,25)/t10-,11+/m1/s1. The molecule has 2 aromatic rings. The Labute approximate surface area is 148 Å². The van der Waals surface area contributed by atoms with Crippen LogP contribution in [0.5, 0.6) is 0 Å². The van der Waals surface area contributed by atoms with Gasteiger partial charge in [0.05, 0.1) is 11.9 Å². The number of likely N-dealkylation sites (N-methyl/N-ethyl adjacent to an activating group) is 1. The molecule has 7 nitrogen and oxygen atoms in total. The molecule has 3 N–H and O–H groups in total. The van der Waals surface area contributed by atoms with Crippen molar-refractivity contribution in [1.82, 2.24) is 15.2 Å². The van der Waals surface area contributed by atoms with Gasteiger partial charge in [0.25, 0.3) is 5.91 Å². The highest BCUT2D eigenvalue weighted by Crippen LogP contribution is 2.24. The Morgan fingerprint density at radius 1 is 1.35 bits per heavy atom. The molecule has 1 aromatic carbocycles. The van der Waals surface area contributed by atoms with E-state index in [1.807, 2.05) is 11.9 Å². The number of aromatic amines is 1. The molecular weight excluding hydrogens is 341 g/mol. The maximum atomic E-state index is 13.9. The lowest BCUT2D eigenvalue weighted by Crippen LogP contribution is -2.41. The van der Waals surface area contributed by atoms with Crippen molar-refractivity contribution in [2.75, 3.05) is 13.6 Å². The van der Waals surface area contributed by atoms with E-state index in [1.54, 1.807) is 0 Å². The fourth-order valence-corrected chi connectivity index (χ4v) is 3.45. The highest BCUT2D eigenvalue weighted by atomic mass is 19.1. The van der Waals surface area contributed by atoms with Gasteiger partial charge in [-0.25, -0.2) is 4.39 Å². The summed E-state index contributed by atoms with van der Waals surface area (Å²) in [7, 11) is 1.84. The molecule has 3 rings (SSSR count). The third kappa shape index (κ3) is 3.60. The van der Waals surface area contributed by atoms with Gasteiger partial charge in [0, 0.05) is 30.1 Å². The fourth-order valence-electron chi connectivity index (χ4n) is 3.45. The van der Waals surface area contributed by atoms with Gasteiger partial charge in [-0.15, -0.1) is 0 Å². The molecule has 0 aliphatic carbocycles. The number of carbonyl (C=O) groups excluding carboxylic acids is 1. The van der Waals surface area contributed by atoms with E-state index in [0.717, 1.165) is 18.9 Å². The van der Waals surface area contributed by atoms with Crippen LogP contribution in [0.2, 0.25) is 0 Å². The van der Waals surface area contributed by atoms with Crippen LogP contribution in [-0.4, -0.2) is 52.5 Å². The zero-order valence-electron chi connectivity index (χ0n) is 14.3. The van der Waals surface area contributed by atoms with E-state index in [0.29, 0.717) is 6.54 Å². The molecule has 2 heterocycles. The number of nitrogens with zero attached hydrogens (tertiary/aromatic N) is 1. The number of amides is 1. The number of carboxylic acid groups (broad SMARTS) is 1. The number of carboxylic acids is 1. The van der Waals surface area contributed by atoms with Crippen molar-refractivity contribution in [3.8, 4) is 0 Å². The predicted octanol–water partition coefficient (Wildman–Crippen LogP) is 1.33. The van der Waals surface area contributed by atoms with Gasteiger partial charge in [-0.2, -0.15) is 0 Å². The number of aliphatic carboxylic acids is 1. The van der Waals surface area contributed by atoms with E-state index in [9.17, 15) is 18.8 Å². The van der Waals surface area contributed by atoms with Gasteiger partial charge >= 0.3 is 5.97 Å². The van der Waals surface area contributed by atoms with Gasteiger partial charge in [-0.3, -0.25) is 19.3 Å². The molecule has 0 bridgehead atoms. The van der Waals surface area contributed by atoms with Crippen molar-refractivity contribution >= 4 is 22.8 Å². The van der Waals surface area contributed by atoms with Gasteiger partial charge in [-0.1, -0.05) is 6.07 Å². The quantitative estimate of drug-likeness (QED) is 0.746. The fraction of sp³-hybridized carbons (Fsp3) is 0.389. The zero-order chi connectivity index (χ0) is 18.8. The van der Waals surface area contributed by atoms with Gasteiger partial charge in [0.15, 0.2) is 5.43 Å². The summed E-state index contributed by atoms with van der Waals surface area (Å²) >= 11 is 0. The van der Waals surface area contributed by atoms with Crippen molar-refractivity contribution < 1.29 is 19.1 Å². The van der Waals surface area contributed by atoms with Crippen LogP contribution < -0.4 is 10.7 Å². The second-order valence-electron chi connectivity index (χ2n) is 6.57. The number of benzene rings is 1. The lowest BCUT2D eigenvalue weighted by Gasteiger charge is -2.25. The average Bonchev–Trinajstić information content (AvgIpc) is 2.93. The van der Waals surface area contributed by atoms with Crippen LogP contribution in [0.15, 0.2) is 29.1 Å². The Bertz CT molecular complexity index is 911. The molecule has 1 saturated heterocycles. The van der Waals surface area contributed by atoms with Crippen LogP contribution in [0.3, 0.4) is 0 Å². The van der Waals surface area contributed by atoms with Crippen LogP contribution in [0.4, 0.5) is 4.39 Å². The van der Waals surface area contributed by atoms with Crippen molar-refractivity contribution in [2.45, 2.75) is 31.3 Å². The predicted molar refractivity (Wildman–Crippen MR) is 93.7 cm³/mol. The number of hydrogen-bond acceptors (Lipinski definition) is 4. The summed E-state index contributed by atoms with van der Waals surface area (Å²) in [6.45, 7) is 0.322. The molecule has 26 heavy (non-hydrogen) atoms. The molecule has 2 atom stereocenters. The van der Waals surface area contributed by atoms with Crippen molar-refractivity contribution in [3.63, 3.8) is 0 Å². The first kappa shape index (κ1) is 18.1. The maximum Gasteiger partial charge on any atom is 0.304 e. The number of hydrogen-bond donors (Lipinski definition) is 3. The first-order valence-electron chi connectivity index (χ1n) is 8.40. The van der Waals surface area contributed by atoms with E-state index >= 15 is 0 Å². The molecule has 8 heteroatoms. The van der Waals surface area contributed by atoms with Gasteiger partial charge < -0.3 is 15.4 Å². The third-order valence-electron chi connectivity index (χ3n) is 4.95. The second kappa shape index (κ2) is 7.25. The lowest BCUT2D eigenvalue weighted by molar-refractivity contribution is -0.138. The highest BCUT2D eigenvalue weighted by molar-refractivity contribution is 5.94. The molecule has 1 aliphatic rings. The van der Waals surface area contributed by atoms with E-state index < -0.39 is 23.1 Å². The molecule has 0 saturated carbocycles. The number of likely N-dealkylation sites (tertiary alicyclic amines) is 1. The Balaban J connectivity index is 1.69. The van der Waals surface area contributed by atoms with E-state index in [4.69, 9.17) is 5.11 Å². The number of H-pyrrole nitrogens is 1. The second-order valence-corrected chi connectivity index (χ2v) is 6.57. The largest absolute Gasteiger partial charge is 0.481 e. The number of halogens is 1. The molecule has 1 aromatic heterocycles. The number of para-hydroxylation sites is 1. The lowest BCUT2D eigenvalue weighted by atomic mass is 10.1. The summed E-state index contributed by atoms with van der Waals surface area (Å²) in [6.07, 6.45) is 1.59. The molecule has 1 fully saturated rings. The minimum atomic E-state index is -0.845. The average molecular weight is 361 g/mol. The molecule has 0 unspecified atom stereocenters. The topological polar surface area (TPSA) is 102 Å². The van der Waals surface area contributed by atoms with Gasteiger partial charge in [0.1, 0.15) is 11.5 Å². The molecule has 138 valence electrons. The number of nitrogens with one attached hydrogen (secondary N) is 2. The van der Waals surface area contributed by atoms with E-state index in [2.05, 4.69) is 10.3 Å². The first-order chi connectivity index (χ1) is 12.4. The summed E-state index contributed by atoms with van der Waals surface area (Å²) in [5.41, 5.74) is -0.428. The van der Waals surface area contributed by atoms with Crippen molar-refractivity contribution in [3.05, 3.63) is 46.0 Å². The summed E-state index contributed by atoms with van der Waals surface area (Å²) in [5, 5.41) is 11.8. The smallest absolute Gasteiger partial charge is 0.304 e. The van der Waals surface area contributed by atoms with Gasteiger partial charge in [-0.05, 0) is 32.0 Å². The number of fused-ring (bicyclic) bond motifs is 1. The Morgan fingerprint density at radius 2 is 2.08 bits per heavy atom. The third-order valence-corrected chi connectivity index (χ3v) is 4.95. The van der Waals surface area contributed by atoms with Crippen LogP contribution in [-0.2, 0) is 4.79 Å². The number of carbonyl (C=O) groups is 2. The SMILES string of the molecule is CN1[C@@H](CC(=O)O)CC[C@H]1CNC(=O)c1cc(=O)c2cccc(F)c2[nH]1. The number of aromatic nitrogens is 1. The first-order valence-corrected chi connectivity index (χ1v) is 8.40. The summed E-state index contributed by atoms with van der Waals surface area (Å²) in [4.78, 5) is 39.9.